The van der Waals surface area contributed by atoms with Gasteiger partial charge in [-0.1, -0.05) is 35.9 Å². The molecule has 0 bridgehead atoms. The van der Waals surface area contributed by atoms with Crippen molar-refractivity contribution in [3.63, 3.8) is 0 Å². The number of nitrogens with zero attached hydrogens (tertiary/aromatic N) is 1. The largest absolute Gasteiger partial charge is 0.504 e. The quantitative estimate of drug-likeness (QED) is 0.277. The highest BCUT2D eigenvalue weighted by molar-refractivity contribution is 6.35. The van der Waals surface area contributed by atoms with Crippen molar-refractivity contribution in [2.24, 2.45) is 5.10 Å². The van der Waals surface area contributed by atoms with E-state index in [0.29, 0.717) is 29.9 Å². The predicted molar refractivity (Wildman–Crippen MR) is 112 cm³/mol. The molecule has 7 heteroatoms. The van der Waals surface area contributed by atoms with Crippen LogP contribution in [0.5, 0.6) is 11.5 Å². The number of nitrogens with one attached hydrogen (secondary N) is 2. The van der Waals surface area contributed by atoms with E-state index < -0.39 is 11.8 Å². The molecule has 0 aliphatic heterocycles. The van der Waals surface area contributed by atoms with E-state index in [-0.39, 0.29) is 12.3 Å². The highest BCUT2D eigenvalue weighted by Gasteiger charge is 2.12. The molecule has 0 aromatic heterocycles. The Hall–Kier alpha value is -3.61. The minimum Gasteiger partial charge on any atom is -0.504 e. The second-order valence-electron chi connectivity index (χ2n) is 6.32. The van der Waals surface area contributed by atoms with Gasteiger partial charge in [-0.3, -0.25) is 9.59 Å². The van der Waals surface area contributed by atoms with Crippen LogP contribution in [-0.2, 0) is 22.6 Å². The van der Waals surface area contributed by atoms with Gasteiger partial charge in [0.2, 0.25) is 0 Å². The van der Waals surface area contributed by atoms with Gasteiger partial charge in [0.05, 0.1) is 12.8 Å². The number of carbonyl (C=O) groups excluding carboxylic acids is 2. The van der Waals surface area contributed by atoms with Gasteiger partial charge in [0.1, 0.15) is 0 Å². The van der Waals surface area contributed by atoms with Gasteiger partial charge in [-0.25, -0.2) is 5.43 Å². The molecule has 0 aliphatic rings. The third-order valence-electron chi connectivity index (χ3n) is 4.00. The minimum atomic E-state index is -0.872. The number of ether oxygens (including phenoxy) is 1. The van der Waals surface area contributed by atoms with Gasteiger partial charge in [0.25, 0.3) is 0 Å². The Bertz CT molecular complexity index is 905. The monoisotopic (exact) mass is 395 g/mol. The summed E-state index contributed by atoms with van der Waals surface area (Å²) in [5.74, 6) is -1.29. The average Bonchev–Trinajstić information content (AvgIpc) is 2.71. The van der Waals surface area contributed by atoms with Crippen molar-refractivity contribution < 1.29 is 19.4 Å². The zero-order chi connectivity index (χ0) is 21.2. The van der Waals surface area contributed by atoms with Gasteiger partial charge in [0.15, 0.2) is 11.5 Å². The van der Waals surface area contributed by atoms with Crippen LogP contribution in [0.1, 0.15) is 29.2 Å². The number of rotatable bonds is 8. The lowest BCUT2D eigenvalue weighted by Gasteiger charge is -2.10. The maximum atomic E-state index is 11.9. The maximum Gasteiger partial charge on any atom is 0.329 e. The van der Waals surface area contributed by atoms with Crippen molar-refractivity contribution in [3.8, 4) is 11.5 Å². The molecule has 0 unspecified atom stereocenters. The zero-order valence-corrected chi connectivity index (χ0v) is 16.6. The second-order valence-corrected chi connectivity index (χ2v) is 6.32. The lowest BCUT2D eigenvalue weighted by molar-refractivity contribution is -0.139. The molecule has 0 atom stereocenters. The van der Waals surface area contributed by atoms with E-state index in [0.717, 1.165) is 11.1 Å². The zero-order valence-electron chi connectivity index (χ0n) is 16.6. The molecule has 2 amide bonds. The van der Waals surface area contributed by atoms with Crippen LogP contribution in [0, 0.1) is 6.92 Å². The minimum absolute atomic E-state index is 0.0448. The number of phenolic OH excluding ortho intramolecular Hbond substituents is 1. The molecule has 0 radical (unpaired) electrons. The molecule has 0 fully saturated rings. The van der Waals surface area contributed by atoms with Gasteiger partial charge >= 0.3 is 11.8 Å². The Morgan fingerprint density at radius 1 is 1.21 bits per heavy atom. The van der Waals surface area contributed by atoms with Crippen LogP contribution in [-0.4, -0.2) is 29.7 Å². The van der Waals surface area contributed by atoms with Crippen molar-refractivity contribution >= 4 is 18.0 Å². The van der Waals surface area contributed by atoms with Crippen molar-refractivity contribution in [1.82, 2.24) is 10.7 Å². The summed E-state index contributed by atoms with van der Waals surface area (Å²) < 4.78 is 5.41. The smallest absolute Gasteiger partial charge is 0.329 e. The van der Waals surface area contributed by atoms with Gasteiger partial charge < -0.3 is 15.2 Å². The molecule has 7 nitrogen and oxygen atoms in total. The Kier molecular flexibility index (Phi) is 7.97. The molecule has 2 aromatic rings. The predicted octanol–water partition coefficient (Wildman–Crippen LogP) is 2.59. The van der Waals surface area contributed by atoms with E-state index in [1.165, 1.54) is 6.21 Å². The first kappa shape index (κ1) is 21.7. The van der Waals surface area contributed by atoms with E-state index in [4.69, 9.17) is 4.74 Å². The fourth-order valence-electron chi connectivity index (χ4n) is 2.53. The average molecular weight is 395 g/mol. The van der Waals surface area contributed by atoms with Crippen molar-refractivity contribution in [1.29, 1.82) is 0 Å². The van der Waals surface area contributed by atoms with Crippen molar-refractivity contribution in [2.45, 2.75) is 26.8 Å². The first-order chi connectivity index (χ1) is 13.9. The van der Waals surface area contributed by atoms with Crippen LogP contribution in [0.4, 0.5) is 0 Å². The maximum absolute atomic E-state index is 11.9. The third-order valence-corrected chi connectivity index (χ3v) is 4.00. The molecule has 2 aromatic carbocycles. The number of allylic oxidation sites excluding steroid dienone is 1. The molecule has 29 heavy (non-hydrogen) atoms. The standard InChI is InChI=1S/C22H25N3O4/c1-4-6-18-11-17(12-19(20(18)26)29-5-2)14-24-25-22(28)21(27)23-13-16-9-7-15(3)8-10-16/h4,7-12,14,26H,1,5-6,13H2,2-3H3,(H,23,27)(H,25,28)/b24-14+. The van der Waals surface area contributed by atoms with Crippen molar-refractivity contribution in [3.05, 3.63) is 71.3 Å². The van der Waals surface area contributed by atoms with Crippen LogP contribution in [0.25, 0.3) is 0 Å². The number of aryl methyl sites for hydroxylation is 1. The van der Waals surface area contributed by atoms with Crippen LogP contribution >= 0.6 is 0 Å². The number of carbonyl (C=O) groups is 2. The molecule has 0 saturated heterocycles. The fourth-order valence-corrected chi connectivity index (χ4v) is 2.53. The number of phenols is 1. The SMILES string of the molecule is C=CCc1cc(/C=N/NC(=O)C(=O)NCc2ccc(C)cc2)cc(OCC)c1O. The molecule has 0 spiro atoms. The molecule has 152 valence electrons. The summed E-state index contributed by atoms with van der Waals surface area (Å²) in [6.45, 7) is 8.08. The Morgan fingerprint density at radius 2 is 1.93 bits per heavy atom. The molecule has 0 heterocycles. The highest BCUT2D eigenvalue weighted by Crippen LogP contribution is 2.31. The van der Waals surface area contributed by atoms with Gasteiger partial charge in [-0.15, -0.1) is 6.58 Å². The number of hydrogen-bond acceptors (Lipinski definition) is 5. The van der Waals surface area contributed by atoms with Gasteiger partial charge in [0, 0.05) is 12.1 Å². The Balaban J connectivity index is 1.96. The normalized spacial score (nSPS) is 10.6. The molecular weight excluding hydrogens is 370 g/mol. The van der Waals surface area contributed by atoms with Crippen LogP contribution in [0.2, 0.25) is 0 Å². The molecule has 2 rings (SSSR count). The summed E-state index contributed by atoms with van der Waals surface area (Å²) >= 11 is 0. The topological polar surface area (TPSA) is 100 Å². The summed E-state index contributed by atoms with van der Waals surface area (Å²) in [5.41, 5.74) is 5.42. The van der Waals surface area contributed by atoms with E-state index >= 15 is 0 Å². The Morgan fingerprint density at radius 3 is 2.59 bits per heavy atom. The first-order valence-corrected chi connectivity index (χ1v) is 9.21. The highest BCUT2D eigenvalue weighted by atomic mass is 16.5. The number of hydrogen-bond donors (Lipinski definition) is 3. The fraction of sp³-hybridized carbons (Fsp3) is 0.227. The summed E-state index contributed by atoms with van der Waals surface area (Å²) in [4.78, 5) is 23.8. The van der Waals surface area contributed by atoms with E-state index in [1.807, 2.05) is 38.1 Å². The number of hydrazone groups is 1. The van der Waals surface area contributed by atoms with E-state index in [1.54, 1.807) is 18.2 Å². The number of aromatic hydroxyl groups is 1. The van der Waals surface area contributed by atoms with Crippen LogP contribution in [0.15, 0.2) is 54.2 Å². The summed E-state index contributed by atoms with van der Waals surface area (Å²) in [6.07, 6.45) is 3.48. The van der Waals surface area contributed by atoms with E-state index in [9.17, 15) is 14.7 Å². The van der Waals surface area contributed by atoms with Gasteiger partial charge in [-0.2, -0.15) is 5.10 Å². The summed E-state index contributed by atoms with van der Waals surface area (Å²) in [7, 11) is 0. The molecule has 0 saturated carbocycles. The summed E-state index contributed by atoms with van der Waals surface area (Å²) in [5, 5.41) is 16.5. The lowest BCUT2D eigenvalue weighted by atomic mass is 10.1. The van der Waals surface area contributed by atoms with Gasteiger partial charge in [-0.05, 0) is 43.5 Å². The van der Waals surface area contributed by atoms with Crippen molar-refractivity contribution in [2.75, 3.05) is 6.61 Å². The lowest BCUT2D eigenvalue weighted by Crippen LogP contribution is -2.37. The third kappa shape index (κ3) is 6.49. The molecule has 3 N–H and O–H groups in total. The summed E-state index contributed by atoms with van der Waals surface area (Å²) in [6, 6.07) is 10.9. The second kappa shape index (κ2) is 10.7. The number of amides is 2. The molecular formula is C22H25N3O4. The van der Waals surface area contributed by atoms with Crippen LogP contribution < -0.4 is 15.5 Å². The Labute approximate surface area is 170 Å². The van der Waals surface area contributed by atoms with E-state index in [2.05, 4.69) is 22.4 Å². The van der Waals surface area contributed by atoms with Crippen LogP contribution in [0.3, 0.4) is 0 Å². The number of benzene rings is 2. The molecule has 0 aliphatic carbocycles. The first-order valence-electron chi connectivity index (χ1n) is 9.21.